The van der Waals surface area contributed by atoms with Crippen molar-refractivity contribution in [3.05, 3.63) is 29.8 Å². The van der Waals surface area contributed by atoms with Crippen LogP contribution < -0.4 is 5.32 Å². The fourth-order valence-electron chi connectivity index (χ4n) is 1.56. The number of hydrogen-bond donors (Lipinski definition) is 1. The Morgan fingerprint density at radius 2 is 2.00 bits per heavy atom. The molecule has 0 aliphatic heterocycles. The lowest BCUT2D eigenvalue weighted by molar-refractivity contribution is -0.125. The van der Waals surface area contributed by atoms with E-state index in [0.717, 1.165) is 6.54 Å². The number of hydrogen-bond acceptors (Lipinski definition) is 3. The van der Waals surface area contributed by atoms with Gasteiger partial charge in [-0.05, 0) is 37.9 Å². The summed E-state index contributed by atoms with van der Waals surface area (Å²) >= 11 is 1.73. The van der Waals surface area contributed by atoms with E-state index in [0.29, 0.717) is 0 Å². The van der Waals surface area contributed by atoms with E-state index in [2.05, 4.69) is 35.8 Å². The summed E-state index contributed by atoms with van der Waals surface area (Å²) in [6, 6.07) is 8.33. The van der Waals surface area contributed by atoms with Crippen LogP contribution >= 0.6 is 11.8 Å². The van der Waals surface area contributed by atoms with E-state index in [1.54, 1.807) is 18.8 Å². The molecule has 0 bridgehead atoms. The minimum absolute atomic E-state index is 0.0493. The number of rotatable bonds is 5. The minimum Gasteiger partial charge on any atom is -0.358 e. The highest BCUT2D eigenvalue weighted by molar-refractivity contribution is 7.98. The molecule has 0 unspecified atom stereocenters. The molecular weight excluding hydrogens is 232 g/mol. The van der Waals surface area contributed by atoms with Crippen LogP contribution in [0.25, 0.3) is 0 Å². The van der Waals surface area contributed by atoms with Gasteiger partial charge >= 0.3 is 0 Å². The van der Waals surface area contributed by atoms with Gasteiger partial charge in [-0.15, -0.1) is 11.8 Å². The molecule has 0 fully saturated rings. The van der Waals surface area contributed by atoms with Gasteiger partial charge < -0.3 is 5.32 Å². The summed E-state index contributed by atoms with van der Waals surface area (Å²) in [6.45, 7) is 2.69. The van der Waals surface area contributed by atoms with E-state index in [1.807, 2.05) is 18.9 Å². The largest absolute Gasteiger partial charge is 0.358 e. The highest BCUT2D eigenvalue weighted by Crippen LogP contribution is 2.16. The maximum absolute atomic E-state index is 11.5. The SMILES string of the molecule is CNC(=O)[C@H](C)N(C)Cc1ccc(SC)cc1. The first kappa shape index (κ1) is 14.1. The van der Waals surface area contributed by atoms with Crippen LogP contribution in [0.3, 0.4) is 0 Å². The van der Waals surface area contributed by atoms with E-state index in [4.69, 9.17) is 0 Å². The molecule has 17 heavy (non-hydrogen) atoms. The number of carbonyl (C=O) groups is 1. The van der Waals surface area contributed by atoms with Crippen molar-refractivity contribution in [1.29, 1.82) is 0 Å². The van der Waals surface area contributed by atoms with E-state index in [1.165, 1.54) is 10.5 Å². The second kappa shape index (κ2) is 6.67. The first-order valence-electron chi connectivity index (χ1n) is 5.63. The molecule has 0 aliphatic carbocycles. The van der Waals surface area contributed by atoms with Gasteiger partial charge in [0.25, 0.3) is 0 Å². The Morgan fingerprint density at radius 1 is 1.41 bits per heavy atom. The van der Waals surface area contributed by atoms with Crippen molar-refractivity contribution in [1.82, 2.24) is 10.2 Å². The summed E-state index contributed by atoms with van der Waals surface area (Å²) in [4.78, 5) is 14.8. The van der Waals surface area contributed by atoms with Gasteiger partial charge in [-0.25, -0.2) is 0 Å². The smallest absolute Gasteiger partial charge is 0.236 e. The fourth-order valence-corrected chi connectivity index (χ4v) is 1.97. The Hall–Kier alpha value is -1.00. The molecule has 1 amide bonds. The predicted molar refractivity (Wildman–Crippen MR) is 73.2 cm³/mol. The Morgan fingerprint density at radius 3 is 2.47 bits per heavy atom. The molecule has 94 valence electrons. The third-order valence-corrected chi connectivity index (χ3v) is 3.62. The van der Waals surface area contributed by atoms with Crippen LogP contribution in [0.2, 0.25) is 0 Å². The Bertz CT molecular complexity index is 364. The molecular formula is C13H20N2OS. The van der Waals surface area contributed by atoms with Crippen molar-refractivity contribution in [2.75, 3.05) is 20.4 Å². The predicted octanol–water partition coefficient (Wildman–Crippen LogP) is 1.97. The van der Waals surface area contributed by atoms with Crippen molar-refractivity contribution < 1.29 is 4.79 Å². The van der Waals surface area contributed by atoms with Gasteiger partial charge in [-0.2, -0.15) is 0 Å². The number of nitrogens with one attached hydrogen (secondary N) is 1. The second-order valence-electron chi connectivity index (χ2n) is 4.05. The van der Waals surface area contributed by atoms with Crippen LogP contribution in [0.1, 0.15) is 12.5 Å². The van der Waals surface area contributed by atoms with Crippen molar-refractivity contribution >= 4 is 17.7 Å². The number of nitrogens with zero attached hydrogens (tertiary/aromatic N) is 1. The second-order valence-corrected chi connectivity index (χ2v) is 4.93. The van der Waals surface area contributed by atoms with Crippen LogP contribution in [0, 0.1) is 0 Å². The number of benzene rings is 1. The average molecular weight is 252 g/mol. The van der Waals surface area contributed by atoms with Crippen molar-refractivity contribution in [3.63, 3.8) is 0 Å². The highest BCUT2D eigenvalue weighted by Gasteiger charge is 2.16. The van der Waals surface area contributed by atoms with Crippen LogP contribution in [-0.2, 0) is 11.3 Å². The topological polar surface area (TPSA) is 32.3 Å². The van der Waals surface area contributed by atoms with Crippen molar-refractivity contribution in [2.24, 2.45) is 0 Å². The van der Waals surface area contributed by atoms with Gasteiger partial charge in [0.15, 0.2) is 0 Å². The maximum Gasteiger partial charge on any atom is 0.236 e. The molecule has 0 aliphatic rings. The van der Waals surface area contributed by atoms with Crippen molar-refractivity contribution in [2.45, 2.75) is 24.4 Å². The third kappa shape index (κ3) is 4.06. The van der Waals surface area contributed by atoms with Gasteiger partial charge in [0, 0.05) is 18.5 Å². The Labute approximate surface area is 108 Å². The third-order valence-electron chi connectivity index (χ3n) is 2.88. The van der Waals surface area contributed by atoms with Crippen molar-refractivity contribution in [3.8, 4) is 0 Å². The Balaban J connectivity index is 2.60. The molecule has 0 saturated heterocycles. The molecule has 1 aromatic carbocycles. The van der Waals surface area contributed by atoms with E-state index in [9.17, 15) is 4.79 Å². The minimum atomic E-state index is -0.111. The van der Waals surface area contributed by atoms with E-state index in [-0.39, 0.29) is 11.9 Å². The lowest BCUT2D eigenvalue weighted by Gasteiger charge is -2.23. The fraction of sp³-hybridized carbons (Fsp3) is 0.462. The summed E-state index contributed by atoms with van der Waals surface area (Å²) in [5.41, 5.74) is 1.22. The molecule has 1 atom stereocenters. The molecule has 1 aromatic rings. The lowest BCUT2D eigenvalue weighted by atomic mass is 10.2. The van der Waals surface area contributed by atoms with Crippen LogP contribution in [0.5, 0.6) is 0 Å². The van der Waals surface area contributed by atoms with Gasteiger partial charge in [0.1, 0.15) is 0 Å². The normalized spacial score (nSPS) is 12.5. The van der Waals surface area contributed by atoms with Gasteiger partial charge in [0.2, 0.25) is 5.91 Å². The molecule has 1 N–H and O–H groups in total. The number of likely N-dealkylation sites (N-methyl/N-ethyl adjacent to an activating group) is 2. The first-order chi connectivity index (χ1) is 8.08. The van der Waals surface area contributed by atoms with Gasteiger partial charge in [0.05, 0.1) is 6.04 Å². The molecule has 0 radical (unpaired) electrons. The molecule has 3 nitrogen and oxygen atoms in total. The molecule has 0 heterocycles. The van der Waals surface area contributed by atoms with Crippen LogP contribution in [0.4, 0.5) is 0 Å². The summed E-state index contributed by atoms with van der Waals surface area (Å²) in [7, 11) is 3.63. The van der Waals surface area contributed by atoms with Crippen LogP contribution in [-0.4, -0.2) is 37.2 Å². The molecule has 1 rings (SSSR count). The monoisotopic (exact) mass is 252 g/mol. The first-order valence-corrected chi connectivity index (χ1v) is 6.85. The lowest BCUT2D eigenvalue weighted by Crippen LogP contribution is -2.41. The van der Waals surface area contributed by atoms with E-state index >= 15 is 0 Å². The number of amides is 1. The van der Waals surface area contributed by atoms with Gasteiger partial charge in [-0.3, -0.25) is 9.69 Å². The quantitative estimate of drug-likeness (QED) is 0.813. The zero-order valence-electron chi connectivity index (χ0n) is 10.9. The average Bonchev–Trinajstić information content (AvgIpc) is 2.37. The standard InChI is InChI=1S/C13H20N2OS/c1-10(13(16)14-2)15(3)9-11-5-7-12(17-4)8-6-11/h5-8,10H,9H2,1-4H3,(H,14,16)/t10-/m0/s1. The zero-order valence-corrected chi connectivity index (χ0v) is 11.7. The highest BCUT2D eigenvalue weighted by atomic mass is 32.2. The van der Waals surface area contributed by atoms with Crippen LogP contribution in [0.15, 0.2) is 29.2 Å². The summed E-state index contributed by atoms with van der Waals surface area (Å²) in [5, 5.41) is 2.67. The Kier molecular flexibility index (Phi) is 5.51. The molecule has 0 spiro atoms. The maximum atomic E-state index is 11.5. The summed E-state index contributed by atoms with van der Waals surface area (Å²) in [5.74, 6) is 0.0493. The van der Waals surface area contributed by atoms with Gasteiger partial charge in [-0.1, -0.05) is 12.1 Å². The summed E-state index contributed by atoms with van der Waals surface area (Å²) in [6.07, 6.45) is 2.06. The molecule has 0 aromatic heterocycles. The summed E-state index contributed by atoms with van der Waals surface area (Å²) < 4.78 is 0. The molecule has 0 saturated carbocycles. The zero-order chi connectivity index (χ0) is 12.8. The molecule has 4 heteroatoms. The van der Waals surface area contributed by atoms with E-state index < -0.39 is 0 Å². The number of thioether (sulfide) groups is 1. The number of carbonyl (C=O) groups excluding carboxylic acids is 1.